The third-order valence-corrected chi connectivity index (χ3v) is 4.55. The van der Waals surface area contributed by atoms with Crippen LogP contribution < -0.4 is 5.32 Å². The molecule has 1 aromatic carbocycles. The number of amides is 1. The maximum Gasteiger partial charge on any atom is 0.335 e. The van der Waals surface area contributed by atoms with Crippen molar-refractivity contribution < 1.29 is 24.6 Å². The van der Waals surface area contributed by atoms with Crippen LogP contribution in [0.1, 0.15) is 85.0 Å². The Bertz CT molecular complexity index is 617. The number of benzene rings is 1. The summed E-state index contributed by atoms with van der Waals surface area (Å²) in [4.78, 5) is 32.1. The van der Waals surface area contributed by atoms with Crippen LogP contribution in [-0.2, 0) is 9.59 Å². The van der Waals surface area contributed by atoms with Crippen LogP contribution in [0.25, 0.3) is 0 Å². The number of hydrogen-bond donors (Lipinski definition) is 3. The van der Waals surface area contributed by atoms with Crippen LogP contribution in [0.2, 0.25) is 0 Å². The monoisotopic (exact) mass is 409 g/mol. The zero-order valence-electron chi connectivity index (χ0n) is 19.2. The molecule has 2 atom stereocenters. The highest BCUT2D eigenvalue weighted by molar-refractivity contribution is 5.93. The molecule has 2 unspecified atom stereocenters. The zero-order valence-corrected chi connectivity index (χ0v) is 19.2. The van der Waals surface area contributed by atoms with E-state index in [4.69, 9.17) is 10.2 Å². The molecule has 0 aliphatic carbocycles. The second-order valence-corrected chi connectivity index (χ2v) is 8.24. The minimum Gasteiger partial charge on any atom is -0.481 e. The lowest BCUT2D eigenvalue weighted by atomic mass is 9.94. The molecule has 0 heterocycles. The van der Waals surface area contributed by atoms with E-state index in [1.54, 1.807) is 19.1 Å². The van der Waals surface area contributed by atoms with Gasteiger partial charge in [0.15, 0.2) is 0 Å². The summed E-state index contributed by atoms with van der Waals surface area (Å²) in [6.45, 7) is 16.3. The molecule has 0 aromatic heterocycles. The number of rotatable bonds is 6. The van der Waals surface area contributed by atoms with Gasteiger partial charge in [-0.3, -0.25) is 9.59 Å². The first-order chi connectivity index (χ1) is 13.3. The Morgan fingerprint density at radius 1 is 0.897 bits per heavy atom. The van der Waals surface area contributed by atoms with E-state index in [-0.39, 0.29) is 23.3 Å². The summed E-state index contributed by atoms with van der Waals surface area (Å²) in [5.41, 5.74) is 1.37. The molecular weight excluding hydrogens is 370 g/mol. The molecule has 0 saturated carbocycles. The highest BCUT2D eigenvalue weighted by atomic mass is 16.4. The maximum atomic E-state index is 11.5. The Kier molecular flexibility index (Phi) is 14.5. The largest absolute Gasteiger partial charge is 0.481 e. The summed E-state index contributed by atoms with van der Waals surface area (Å²) in [5.74, 6) is -1.95. The molecule has 29 heavy (non-hydrogen) atoms. The van der Waals surface area contributed by atoms with Gasteiger partial charge in [0.2, 0.25) is 5.91 Å². The average Bonchev–Trinajstić information content (AvgIpc) is 2.67. The number of aromatic carboxylic acids is 1. The minimum atomic E-state index is -0.972. The first kappa shape index (κ1) is 28.8. The highest BCUT2D eigenvalue weighted by Gasteiger charge is 2.10. The Morgan fingerprint density at radius 3 is 1.55 bits per heavy atom. The number of aliphatic carboxylic acids is 1. The van der Waals surface area contributed by atoms with Crippen LogP contribution in [-0.4, -0.2) is 28.1 Å². The highest BCUT2D eigenvalue weighted by Crippen LogP contribution is 2.16. The Balaban J connectivity index is 0. The molecule has 1 rings (SSSR count). The van der Waals surface area contributed by atoms with Crippen molar-refractivity contribution in [2.24, 2.45) is 17.3 Å². The molecule has 6 nitrogen and oxygen atoms in total. The molecule has 1 amide bonds. The summed E-state index contributed by atoms with van der Waals surface area (Å²) in [7, 11) is 0. The topological polar surface area (TPSA) is 104 Å². The van der Waals surface area contributed by atoms with E-state index in [1.807, 2.05) is 20.8 Å². The van der Waals surface area contributed by atoms with Crippen molar-refractivity contribution in [2.45, 2.75) is 74.7 Å². The fourth-order valence-corrected chi connectivity index (χ4v) is 1.32. The SMILES string of the molecule is CCC(C)(C)C.CCC(C)C(=O)Nc1ccc(C(=O)O)cc1.CCC(C)C(=O)O. The molecule has 0 aliphatic heterocycles. The summed E-state index contributed by atoms with van der Waals surface area (Å²) >= 11 is 0. The fraction of sp³-hybridized carbons (Fsp3) is 0.609. The van der Waals surface area contributed by atoms with Gasteiger partial charge < -0.3 is 15.5 Å². The van der Waals surface area contributed by atoms with Crippen molar-refractivity contribution >= 4 is 23.5 Å². The van der Waals surface area contributed by atoms with Crippen molar-refractivity contribution in [3.05, 3.63) is 29.8 Å². The van der Waals surface area contributed by atoms with E-state index < -0.39 is 11.9 Å². The van der Waals surface area contributed by atoms with Crippen molar-refractivity contribution in [1.29, 1.82) is 0 Å². The van der Waals surface area contributed by atoms with Crippen LogP contribution >= 0.6 is 0 Å². The van der Waals surface area contributed by atoms with Gasteiger partial charge in [-0.25, -0.2) is 4.79 Å². The number of nitrogens with one attached hydrogen (secondary N) is 1. The quantitative estimate of drug-likeness (QED) is 0.540. The number of anilines is 1. The predicted molar refractivity (Wildman–Crippen MR) is 118 cm³/mol. The van der Waals surface area contributed by atoms with E-state index in [0.29, 0.717) is 11.1 Å². The van der Waals surface area contributed by atoms with Crippen molar-refractivity contribution in [1.82, 2.24) is 0 Å². The van der Waals surface area contributed by atoms with E-state index in [2.05, 4.69) is 33.0 Å². The van der Waals surface area contributed by atoms with Gasteiger partial charge in [0, 0.05) is 11.6 Å². The van der Waals surface area contributed by atoms with Gasteiger partial charge in [-0.05, 0) is 42.5 Å². The van der Waals surface area contributed by atoms with E-state index in [0.717, 1.165) is 12.8 Å². The molecule has 0 aliphatic rings. The van der Waals surface area contributed by atoms with Gasteiger partial charge in [-0.15, -0.1) is 0 Å². The smallest absolute Gasteiger partial charge is 0.335 e. The fourth-order valence-electron chi connectivity index (χ4n) is 1.32. The zero-order chi connectivity index (χ0) is 23.2. The summed E-state index contributed by atoms with van der Waals surface area (Å²) in [5, 5.41) is 19.6. The molecule has 0 spiro atoms. The van der Waals surface area contributed by atoms with E-state index in [9.17, 15) is 14.4 Å². The van der Waals surface area contributed by atoms with Crippen LogP contribution in [0.4, 0.5) is 5.69 Å². The van der Waals surface area contributed by atoms with Crippen molar-refractivity contribution in [3.63, 3.8) is 0 Å². The molecule has 0 bridgehead atoms. The third kappa shape index (κ3) is 15.3. The molecular formula is C23H39NO5. The molecule has 166 valence electrons. The number of hydrogen-bond acceptors (Lipinski definition) is 3. The molecule has 0 fully saturated rings. The number of carbonyl (C=O) groups excluding carboxylic acids is 1. The Hall–Kier alpha value is -2.37. The number of carboxylic acid groups (broad SMARTS) is 2. The van der Waals surface area contributed by atoms with Crippen LogP contribution in [0.3, 0.4) is 0 Å². The van der Waals surface area contributed by atoms with Gasteiger partial charge in [0.1, 0.15) is 0 Å². The predicted octanol–water partition coefficient (Wildman–Crippen LogP) is 5.93. The standard InChI is InChI=1S/C12H15NO3.C6H14.C5H10O2/c1-3-8(2)11(14)13-10-6-4-9(5-7-10)12(15)16;1-5-6(2,3)4;1-3-4(2)5(6)7/h4-8H,3H2,1-2H3,(H,13,14)(H,15,16);5H2,1-4H3;4H,3H2,1-2H3,(H,6,7). The van der Waals surface area contributed by atoms with Gasteiger partial charge >= 0.3 is 11.9 Å². The van der Waals surface area contributed by atoms with Crippen molar-refractivity contribution in [3.8, 4) is 0 Å². The summed E-state index contributed by atoms with van der Waals surface area (Å²) < 4.78 is 0. The van der Waals surface area contributed by atoms with Crippen LogP contribution in [0, 0.1) is 17.3 Å². The van der Waals surface area contributed by atoms with Crippen LogP contribution in [0.5, 0.6) is 0 Å². The van der Waals surface area contributed by atoms with Gasteiger partial charge in [0.25, 0.3) is 0 Å². The third-order valence-electron chi connectivity index (χ3n) is 4.55. The first-order valence-electron chi connectivity index (χ1n) is 10.2. The van der Waals surface area contributed by atoms with Gasteiger partial charge in [-0.1, -0.05) is 61.8 Å². The molecule has 6 heteroatoms. The lowest BCUT2D eigenvalue weighted by Gasteiger charge is -2.12. The normalized spacial score (nSPS) is 12.3. The lowest BCUT2D eigenvalue weighted by Crippen LogP contribution is -2.19. The van der Waals surface area contributed by atoms with E-state index in [1.165, 1.54) is 18.6 Å². The number of carbonyl (C=O) groups is 3. The first-order valence-corrected chi connectivity index (χ1v) is 10.2. The average molecular weight is 410 g/mol. The molecule has 1 aromatic rings. The molecule has 3 N–H and O–H groups in total. The van der Waals surface area contributed by atoms with Crippen molar-refractivity contribution in [2.75, 3.05) is 5.32 Å². The second-order valence-electron chi connectivity index (χ2n) is 8.24. The Labute approximate surface area is 175 Å². The maximum absolute atomic E-state index is 11.5. The lowest BCUT2D eigenvalue weighted by molar-refractivity contribution is -0.141. The Morgan fingerprint density at radius 2 is 1.31 bits per heavy atom. The number of carboxylic acids is 2. The summed E-state index contributed by atoms with van der Waals surface area (Å²) in [6, 6.07) is 6.11. The van der Waals surface area contributed by atoms with Gasteiger partial charge in [-0.2, -0.15) is 0 Å². The molecule has 0 radical (unpaired) electrons. The minimum absolute atomic E-state index is 0.0425. The molecule has 0 saturated heterocycles. The van der Waals surface area contributed by atoms with Crippen LogP contribution in [0.15, 0.2) is 24.3 Å². The van der Waals surface area contributed by atoms with E-state index >= 15 is 0 Å². The van der Waals surface area contributed by atoms with Gasteiger partial charge in [0.05, 0.1) is 11.5 Å². The second kappa shape index (κ2) is 14.6. The summed E-state index contributed by atoms with van der Waals surface area (Å²) in [6.07, 6.45) is 2.77.